The lowest BCUT2D eigenvalue weighted by atomic mass is 9.77. The van der Waals surface area contributed by atoms with Gasteiger partial charge in [0.2, 0.25) is 0 Å². The summed E-state index contributed by atoms with van der Waals surface area (Å²) in [6, 6.07) is 24.5. The topological polar surface area (TPSA) is 57.0 Å². The number of pyridine rings is 1. The van der Waals surface area contributed by atoms with E-state index in [2.05, 4.69) is 78.9 Å². The van der Waals surface area contributed by atoms with Crippen molar-refractivity contribution in [3.63, 3.8) is 0 Å². The smallest absolute Gasteiger partial charge is 0.144 e. The van der Waals surface area contributed by atoms with E-state index in [0.29, 0.717) is 24.3 Å². The Labute approximate surface area is 246 Å². The summed E-state index contributed by atoms with van der Waals surface area (Å²) in [5.74, 6) is 2.35. The number of carbonyl (C=O) groups is 1. The highest BCUT2D eigenvalue weighted by atomic mass is 28.3. The molecule has 0 N–H and O–H groups in total. The number of benzene rings is 2. The SMILES string of the molecule is CC(=O)CC1CCC(c2ccc(-c3ccc(-c4nc(-c5ccccc5)cn4COCC[Si](C)(C)C)cn3)cc2)CC1. The van der Waals surface area contributed by atoms with Crippen LogP contribution in [0.5, 0.6) is 0 Å². The standard InChI is InChI=1S/C35H43N3O2Si/c1-26(39)22-27-10-12-28(13-11-27)29-14-16-31(17-15-29)33-19-18-32(23-36-33)35-37-34(30-8-6-5-7-9-30)24-38(35)25-40-20-21-41(2,3)4/h5-9,14-19,23-24,27-28H,10-13,20-22,25H2,1-4H3. The van der Waals surface area contributed by atoms with Crippen molar-refractivity contribution in [2.75, 3.05) is 6.61 Å². The highest BCUT2D eigenvalue weighted by Crippen LogP contribution is 2.37. The van der Waals surface area contributed by atoms with E-state index in [9.17, 15) is 4.79 Å². The molecule has 5 nitrogen and oxygen atoms in total. The average Bonchev–Trinajstić information content (AvgIpc) is 3.40. The number of aromatic nitrogens is 3. The maximum atomic E-state index is 11.5. The van der Waals surface area contributed by atoms with Crippen LogP contribution < -0.4 is 0 Å². The lowest BCUT2D eigenvalue weighted by Gasteiger charge is -2.28. The van der Waals surface area contributed by atoms with Gasteiger partial charge in [0.1, 0.15) is 18.3 Å². The molecule has 1 saturated carbocycles. The number of Topliss-reactive ketones (excluding diaryl/α,β-unsaturated/α-hetero) is 1. The highest BCUT2D eigenvalue weighted by Gasteiger charge is 2.23. The van der Waals surface area contributed by atoms with Crippen LogP contribution in [0.2, 0.25) is 25.7 Å². The summed E-state index contributed by atoms with van der Waals surface area (Å²) < 4.78 is 8.21. The third-order valence-electron chi connectivity index (χ3n) is 8.20. The molecule has 5 rings (SSSR count). The van der Waals surface area contributed by atoms with Gasteiger partial charge < -0.3 is 14.1 Å². The molecular formula is C35H43N3O2Si. The predicted molar refractivity (Wildman–Crippen MR) is 170 cm³/mol. The second-order valence-corrected chi connectivity index (χ2v) is 18.4. The van der Waals surface area contributed by atoms with E-state index in [4.69, 9.17) is 14.7 Å². The first kappa shape index (κ1) is 29.1. The van der Waals surface area contributed by atoms with Crippen molar-refractivity contribution >= 4 is 13.9 Å². The summed E-state index contributed by atoms with van der Waals surface area (Å²) in [6.45, 7) is 10.1. The zero-order valence-electron chi connectivity index (χ0n) is 25.0. The lowest BCUT2D eigenvalue weighted by Crippen LogP contribution is -2.22. The van der Waals surface area contributed by atoms with E-state index >= 15 is 0 Å². The molecule has 2 aromatic heterocycles. The number of hydrogen-bond donors (Lipinski definition) is 0. The van der Waals surface area contributed by atoms with Crippen molar-refractivity contribution in [1.29, 1.82) is 0 Å². The van der Waals surface area contributed by atoms with Crippen LogP contribution in [0, 0.1) is 5.92 Å². The van der Waals surface area contributed by atoms with Gasteiger partial charge in [0.25, 0.3) is 0 Å². The molecule has 4 aromatic rings. The van der Waals surface area contributed by atoms with Gasteiger partial charge in [0, 0.05) is 50.2 Å². The van der Waals surface area contributed by atoms with Gasteiger partial charge in [-0.25, -0.2) is 4.98 Å². The Morgan fingerprint density at radius 3 is 2.20 bits per heavy atom. The molecule has 0 unspecified atom stereocenters. The fourth-order valence-electron chi connectivity index (χ4n) is 5.76. The van der Waals surface area contributed by atoms with Crippen molar-refractivity contribution < 1.29 is 9.53 Å². The van der Waals surface area contributed by atoms with Crippen LogP contribution in [0.25, 0.3) is 33.9 Å². The fraction of sp³-hybridized carbons (Fsp3) is 0.400. The number of nitrogens with zero attached hydrogens (tertiary/aromatic N) is 3. The summed E-state index contributed by atoms with van der Waals surface area (Å²) in [7, 11) is -1.15. The maximum absolute atomic E-state index is 11.5. The second kappa shape index (κ2) is 13.1. The van der Waals surface area contributed by atoms with Crippen molar-refractivity contribution in [2.45, 2.75) is 77.4 Å². The molecule has 0 radical (unpaired) electrons. The molecule has 1 fully saturated rings. The summed E-state index contributed by atoms with van der Waals surface area (Å²) in [4.78, 5) is 21.3. The molecule has 0 atom stereocenters. The maximum Gasteiger partial charge on any atom is 0.144 e. The molecule has 41 heavy (non-hydrogen) atoms. The van der Waals surface area contributed by atoms with Gasteiger partial charge in [0.05, 0.1) is 11.4 Å². The van der Waals surface area contributed by atoms with E-state index in [1.54, 1.807) is 6.92 Å². The summed E-state index contributed by atoms with van der Waals surface area (Å²) >= 11 is 0. The highest BCUT2D eigenvalue weighted by molar-refractivity contribution is 6.76. The van der Waals surface area contributed by atoms with Gasteiger partial charge in [0.15, 0.2) is 0 Å². The Hall–Kier alpha value is -3.35. The Bertz CT molecular complexity index is 1420. The van der Waals surface area contributed by atoms with Gasteiger partial charge in [-0.15, -0.1) is 0 Å². The number of carbonyl (C=O) groups excluding carboxylic acids is 1. The summed E-state index contributed by atoms with van der Waals surface area (Å²) in [5.41, 5.74) is 6.47. The van der Waals surface area contributed by atoms with E-state index < -0.39 is 8.07 Å². The Morgan fingerprint density at radius 2 is 1.56 bits per heavy atom. The van der Waals surface area contributed by atoms with Crippen molar-refractivity contribution in [3.8, 4) is 33.9 Å². The molecule has 6 heteroatoms. The Kier molecular flexibility index (Phi) is 9.31. The first-order valence-corrected chi connectivity index (χ1v) is 18.7. The van der Waals surface area contributed by atoms with Gasteiger partial charge in [-0.05, 0) is 68.2 Å². The number of hydrogen-bond acceptors (Lipinski definition) is 4. The zero-order chi connectivity index (χ0) is 28.8. The molecule has 2 heterocycles. The monoisotopic (exact) mass is 565 g/mol. The lowest BCUT2D eigenvalue weighted by molar-refractivity contribution is -0.118. The van der Waals surface area contributed by atoms with Gasteiger partial charge >= 0.3 is 0 Å². The van der Waals surface area contributed by atoms with Crippen molar-refractivity contribution in [2.24, 2.45) is 5.92 Å². The molecule has 0 spiro atoms. The molecule has 0 bridgehead atoms. The zero-order valence-corrected chi connectivity index (χ0v) is 26.0. The minimum absolute atomic E-state index is 0.322. The van der Waals surface area contributed by atoms with Crippen LogP contribution in [0.1, 0.15) is 50.5 Å². The van der Waals surface area contributed by atoms with E-state index in [-0.39, 0.29) is 0 Å². The Balaban J connectivity index is 1.29. The van der Waals surface area contributed by atoms with Crippen LogP contribution >= 0.6 is 0 Å². The summed E-state index contributed by atoms with van der Waals surface area (Å²) in [5, 5.41) is 0. The molecule has 214 valence electrons. The fourth-order valence-corrected chi connectivity index (χ4v) is 6.52. The quantitative estimate of drug-likeness (QED) is 0.135. The van der Waals surface area contributed by atoms with Crippen LogP contribution in [-0.4, -0.2) is 35.0 Å². The molecule has 0 amide bonds. The molecular weight excluding hydrogens is 522 g/mol. The number of ether oxygens (including phenoxy) is 1. The van der Waals surface area contributed by atoms with E-state index in [1.165, 1.54) is 18.4 Å². The third kappa shape index (κ3) is 7.89. The third-order valence-corrected chi connectivity index (χ3v) is 9.90. The average molecular weight is 566 g/mol. The van der Waals surface area contributed by atoms with Crippen molar-refractivity contribution in [1.82, 2.24) is 14.5 Å². The number of rotatable bonds is 11. The molecule has 0 aliphatic heterocycles. The number of ketones is 1. The molecule has 1 aliphatic carbocycles. The van der Waals surface area contributed by atoms with Crippen LogP contribution in [0.15, 0.2) is 79.1 Å². The minimum atomic E-state index is -1.15. The van der Waals surface area contributed by atoms with E-state index in [0.717, 1.165) is 65.8 Å². The largest absolute Gasteiger partial charge is 0.361 e. The molecule has 0 saturated heterocycles. The minimum Gasteiger partial charge on any atom is -0.361 e. The van der Waals surface area contributed by atoms with Crippen LogP contribution in [0.3, 0.4) is 0 Å². The first-order chi connectivity index (χ1) is 19.7. The van der Waals surface area contributed by atoms with Gasteiger partial charge in [-0.3, -0.25) is 4.98 Å². The summed E-state index contributed by atoms with van der Waals surface area (Å²) in [6.07, 6.45) is 9.40. The number of imidazole rings is 1. The van der Waals surface area contributed by atoms with Gasteiger partial charge in [-0.2, -0.15) is 0 Å². The van der Waals surface area contributed by atoms with E-state index in [1.807, 2.05) is 24.4 Å². The second-order valence-electron chi connectivity index (χ2n) is 12.8. The van der Waals surface area contributed by atoms with Crippen LogP contribution in [-0.2, 0) is 16.3 Å². The first-order valence-electron chi connectivity index (χ1n) is 15.0. The van der Waals surface area contributed by atoms with Gasteiger partial charge in [-0.1, -0.05) is 74.2 Å². The normalized spacial score (nSPS) is 17.5. The van der Waals surface area contributed by atoms with Crippen LogP contribution in [0.4, 0.5) is 0 Å². The molecule has 1 aliphatic rings. The Morgan fingerprint density at radius 1 is 0.878 bits per heavy atom. The molecule has 2 aromatic carbocycles. The van der Waals surface area contributed by atoms with Crippen molar-refractivity contribution in [3.05, 3.63) is 84.7 Å². The predicted octanol–water partition coefficient (Wildman–Crippen LogP) is 8.84.